The fourth-order valence-electron chi connectivity index (χ4n) is 4.37. The van der Waals surface area contributed by atoms with Crippen molar-refractivity contribution in [2.45, 2.75) is 32.2 Å². The van der Waals surface area contributed by atoms with Gasteiger partial charge in [-0.15, -0.1) is 12.4 Å². The summed E-state index contributed by atoms with van der Waals surface area (Å²) >= 11 is 0. The van der Waals surface area contributed by atoms with Crippen molar-refractivity contribution in [1.82, 2.24) is 10.6 Å². The van der Waals surface area contributed by atoms with Crippen molar-refractivity contribution >= 4 is 18.3 Å². The first-order valence-electron chi connectivity index (χ1n) is 10.0. The fourth-order valence-corrected chi connectivity index (χ4v) is 4.37. The first-order valence-corrected chi connectivity index (χ1v) is 10.0. The van der Waals surface area contributed by atoms with Crippen molar-refractivity contribution in [3.8, 4) is 5.75 Å². The Bertz CT molecular complexity index is 773. The summed E-state index contributed by atoms with van der Waals surface area (Å²) < 4.78 is 5.56. The average molecular weight is 401 g/mol. The zero-order valence-electron chi connectivity index (χ0n) is 16.3. The summed E-state index contributed by atoms with van der Waals surface area (Å²) in [6, 6.07) is 18.1. The van der Waals surface area contributed by atoms with Gasteiger partial charge >= 0.3 is 0 Å². The Morgan fingerprint density at radius 2 is 1.75 bits per heavy atom. The maximum Gasteiger partial charge on any atom is 0.224 e. The Balaban J connectivity index is 0.00000225. The van der Waals surface area contributed by atoms with Gasteiger partial charge < -0.3 is 15.4 Å². The molecule has 4 nitrogen and oxygen atoms in total. The van der Waals surface area contributed by atoms with Crippen molar-refractivity contribution in [3.05, 3.63) is 65.7 Å². The number of carbonyl (C=O) groups is 1. The molecule has 1 spiro atoms. The summed E-state index contributed by atoms with van der Waals surface area (Å²) in [4.78, 5) is 13.0. The minimum atomic E-state index is -0.131. The summed E-state index contributed by atoms with van der Waals surface area (Å²) in [5.74, 6) is 1.21. The quantitative estimate of drug-likeness (QED) is 0.767. The number of carbonyl (C=O) groups excluding carboxylic acids is 1. The molecule has 1 aliphatic heterocycles. The number of hydrogen-bond acceptors (Lipinski definition) is 3. The number of halogens is 1. The third kappa shape index (κ3) is 4.34. The zero-order chi connectivity index (χ0) is 18.7. The molecule has 2 unspecified atom stereocenters. The predicted molar refractivity (Wildman–Crippen MR) is 114 cm³/mol. The molecule has 150 valence electrons. The summed E-state index contributed by atoms with van der Waals surface area (Å²) in [5, 5.41) is 6.74. The molecule has 1 heterocycles. The van der Waals surface area contributed by atoms with Crippen LogP contribution in [0, 0.1) is 11.3 Å². The van der Waals surface area contributed by atoms with E-state index < -0.39 is 0 Å². The Morgan fingerprint density at radius 3 is 2.39 bits per heavy atom. The Kier molecular flexibility index (Phi) is 6.63. The Hall–Kier alpha value is -2.04. The van der Waals surface area contributed by atoms with Gasteiger partial charge in [0.2, 0.25) is 5.91 Å². The summed E-state index contributed by atoms with van der Waals surface area (Å²) in [6.45, 7) is 4.69. The molecular weight excluding hydrogens is 372 g/mol. The van der Waals surface area contributed by atoms with Gasteiger partial charge in [0.05, 0.1) is 12.6 Å². The van der Waals surface area contributed by atoms with Crippen LogP contribution in [0.3, 0.4) is 0 Å². The lowest BCUT2D eigenvalue weighted by Crippen LogP contribution is -2.35. The fraction of sp³-hybridized carbons (Fsp3) is 0.435. The molecule has 2 aromatic rings. The van der Waals surface area contributed by atoms with E-state index >= 15 is 0 Å². The van der Waals surface area contributed by atoms with Crippen LogP contribution in [0.15, 0.2) is 54.6 Å². The normalized spacial score (nSPS) is 20.7. The van der Waals surface area contributed by atoms with E-state index in [1.807, 2.05) is 37.3 Å². The largest absolute Gasteiger partial charge is 0.494 e. The molecule has 2 N–H and O–H groups in total. The summed E-state index contributed by atoms with van der Waals surface area (Å²) in [5.41, 5.74) is 2.43. The van der Waals surface area contributed by atoms with Crippen molar-refractivity contribution in [2.75, 3.05) is 19.7 Å². The molecule has 2 atom stereocenters. The first kappa shape index (κ1) is 20.7. The van der Waals surface area contributed by atoms with Gasteiger partial charge in [-0.05, 0) is 68.0 Å². The molecule has 0 bridgehead atoms. The highest BCUT2D eigenvalue weighted by atomic mass is 35.5. The molecule has 4 rings (SSSR count). The highest BCUT2D eigenvalue weighted by molar-refractivity contribution is 5.85. The molecular formula is C23H29ClN2O2. The van der Waals surface area contributed by atoms with E-state index in [0.29, 0.717) is 6.61 Å². The second-order valence-electron chi connectivity index (χ2n) is 7.72. The highest BCUT2D eigenvalue weighted by Crippen LogP contribution is 2.58. The van der Waals surface area contributed by atoms with Crippen LogP contribution in [0.4, 0.5) is 0 Å². The predicted octanol–water partition coefficient (Wildman–Crippen LogP) is 4.10. The molecule has 28 heavy (non-hydrogen) atoms. The van der Waals surface area contributed by atoms with Gasteiger partial charge in [0.25, 0.3) is 0 Å². The highest BCUT2D eigenvalue weighted by Gasteiger charge is 2.57. The van der Waals surface area contributed by atoms with Gasteiger partial charge in [-0.1, -0.05) is 42.5 Å². The van der Waals surface area contributed by atoms with Gasteiger partial charge in [0.15, 0.2) is 0 Å². The number of hydrogen-bond donors (Lipinski definition) is 2. The third-order valence-corrected chi connectivity index (χ3v) is 6.05. The molecule has 2 aliphatic rings. The van der Waals surface area contributed by atoms with E-state index in [0.717, 1.165) is 49.2 Å². The standard InChI is InChI=1S/C23H28N2O2.ClH/c1-2-27-19-10-8-18(9-11-19)21(17-6-4-3-5-7-17)25-22(26)20-16-23(20)12-14-24-15-13-23;/h3-11,20-21,24H,2,12-16H2,1H3,(H,25,26);1H. The van der Waals surface area contributed by atoms with Crippen molar-refractivity contribution in [1.29, 1.82) is 0 Å². The van der Waals surface area contributed by atoms with E-state index in [1.165, 1.54) is 0 Å². The van der Waals surface area contributed by atoms with E-state index in [2.05, 4.69) is 34.9 Å². The van der Waals surface area contributed by atoms with Crippen LogP contribution in [0.2, 0.25) is 0 Å². The van der Waals surface area contributed by atoms with Gasteiger partial charge in [0, 0.05) is 5.92 Å². The van der Waals surface area contributed by atoms with Crippen molar-refractivity contribution in [3.63, 3.8) is 0 Å². The molecule has 5 heteroatoms. The number of ether oxygens (including phenoxy) is 1. The summed E-state index contributed by atoms with van der Waals surface area (Å²) in [7, 11) is 0. The molecule has 1 aliphatic carbocycles. The monoisotopic (exact) mass is 400 g/mol. The molecule has 1 saturated heterocycles. The summed E-state index contributed by atoms with van der Waals surface area (Å²) in [6.07, 6.45) is 3.26. The maximum absolute atomic E-state index is 13.0. The molecule has 1 amide bonds. The molecule has 1 saturated carbocycles. The first-order chi connectivity index (χ1) is 13.2. The second-order valence-corrected chi connectivity index (χ2v) is 7.72. The van der Waals surface area contributed by atoms with Crippen LogP contribution < -0.4 is 15.4 Å². The lowest BCUT2D eigenvalue weighted by Gasteiger charge is -2.25. The average Bonchev–Trinajstić information content (AvgIpc) is 3.41. The molecule has 0 aromatic heterocycles. The number of piperidine rings is 1. The van der Waals surface area contributed by atoms with Crippen LogP contribution in [0.25, 0.3) is 0 Å². The van der Waals surface area contributed by atoms with Crippen LogP contribution >= 0.6 is 12.4 Å². The number of nitrogens with one attached hydrogen (secondary N) is 2. The lowest BCUT2D eigenvalue weighted by atomic mass is 9.91. The number of amides is 1. The van der Waals surface area contributed by atoms with Crippen molar-refractivity contribution in [2.24, 2.45) is 11.3 Å². The van der Waals surface area contributed by atoms with Crippen LogP contribution in [0.1, 0.15) is 43.4 Å². The molecule has 2 aromatic carbocycles. The topological polar surface area (TPSA) is 50.4 Å². The second kappa shape index (κ2) is 8.97. The molecule has 2 fully saturated rings. The van der Waals surface area contributed by atoms with E-state index in [1.54, 1.807) is 0 Å². The maximum atomic E-state index is 13.0. The lowest BCUT2D eigenvalue weighted by molar-refractivity contribution is -0.123. The minimum absolute atomic E-state index is 0. The van der Waals surface area contributed by atoms with E-state index in [9.17, 15) is 4.79 Å². The molecule has 0 radical (unpaired) electrons. The Morgan fingerprint density at radius 1 is 1.11 bits per heavy atom. The number of benzene rings is 2. The van der Waals surface area contributed by atoms with Crippen LogP contribution in [-0.2, 0) is 4.79 Å². The minimum Gasteiger partial charge on any atom is -0.494 e. The third-order valence-electron chi connectivity index (χ3n) is 6.05. The van der Waals surface area contributed by atoms with Crippen LogP contribution in [-0.4, -0.2) is 25.6 Å². The zero-order valence-corrected chi connectivity index (χ0v) is 17.1. The van der Waals surface area contributed by atoms with E-state index in [-0.39, 0.29) is 35.7 Å². The number of rotatable bonds is 6. The van der Waals surface area contributed by atoms with Gasteiger partial charge in [-0.3, -0.25) is 4.79 Å². The van der Waals surface area contributed by atoms with Gasteiger partial charge in [0.1, 0.15) is 5.75 Å². The van der Waals surface area contributed by atoms with Crippen LogP contribution in [0.5, 0.6) is 5.75 Å². The van der Waals surface area contributed by atoms with Crippen molar-refractivity contribution < 1.29 is 9.53 Å². The van der Waals surface area contributed by atoms with E-state index in [4.69, 9.17) is 4.74 Å². The Labute approximate surface area is 173 Å². The van der Waals surface area contributed by atoms with Gasteiger partial charge in [-0.25, -0.2) is 0 Å². The smallest absolute Gasteiger partial charge is 0.224 e. The SMILES string of the molecule is CCOc1ccc(C(NC(=O)C2CC23CCNCC3)c2ccccc2)cc1.Cl. The van der Waals surface area contributed by atoms with Gasteiger partial charge in [-0.2, -0.15) is 0 Å².